The van der Waals surface area contributed by atoms with E-state index in [0.29, 0.717) is 25.6 Å². The van der Waals surface area contributed by atoms with E-state index in [1.54, 1.807) is 6.20 Å². The van der Waals surface area contributed by atoms with Crippen LogP contribution in [0, 0.1) is 0 Å². The topological polar surface area (TPSA) is 98.7 Å². The van der Waals surface area contributed by atoms with Gasteiger partial charge in [-0.2, -0.15) is 4.31 Å². The highest BCUT2D eigenvalue weighted by molar-refractivity contribution is 7.88. The second kappa shape index (κ2) is 6.91. The van der Waals surface area contributed by atoms with E-state index >= 15 is 0 Å². The Morgan fingerprint density at radius 3 is 2.71 bits per heavy atom. The third-order valence-corrected chi connectivity index (χ3v) is 6.06. The zero-order valence-electron chi connectivity index (χ0n) is 13.9. The van der Waals surface area contributed by atoms with Gasteiger partial charge in [0.15, 0.2) is 0 Å². The Balaban J connectivity index is 1.47. The molecule has 0 radical (unpaired) electrons. The molecule has 2 N–H and O–H groups in total. The molecule has 24 heavy (non-hydrogen) atoms. The predicted octanol–water partition coefficient (Wildman–Crippen LogP) is -0.251. The lowest BCUT2D eigenvalue weighted by molar-refractivity contribution is 0.0106. The SMILES string of the molecule is CS(=O)(=O)N1CCC(O)(CN2CCC(Nc3ccncn3)CC2)C1. The van der Waals surface area contributed by atoms with E-state index in [2.05, 4.69) is 20.2 Å². The summed E-state index contributed by atoms with van der Waals surface area (Å²) >= 11 is 0. The summed E-state index contributed by atoms with van der Waals surface area (Å²) in [6.45, 7) is 2.89. The molecule has 134 valence electrons. The number of aromatic nitrogens is 2. The van der Waals surface area contributed by atoms with Crippen molar-refractivity contribution in [3.8, 4) is 0 Å². The number of β-amino-alcohol motifs (C(OH)–C–C–N with tert-alkyl or cyclic N) is 1. The number of sulfonamides is 1. The zero-order chi connectivity index (χ0) is 17.2. The average molecular weight is 355 g/mol. The molecule has 0 saturated carbocycles. The number of aliphatic hydroxyl groups is 1. The first-order chi connectivity index (χ1) is 11.3. The Hall–Kier alpha value is -1.29. The van der Waals surface area contributed by atoms with E-state index in [-0.39, 0.29) is 6.54 Å². The molecule has 9 heteroatoms. The largest absolute Gasteiger partial charge is 0.387 e. The molecule has 1 aromatic heterocycles. The lowest BCUT2D eigenvalue weighted by atomic mass is 9.99. The van der Waals surface area contributed by atoms with E-state index in [0.717, 1.165) is 31.7 Å². The summed E-state index contributed by atoms with van der Waals surface area (Å²) in [6.07, 6.45) is 6.88. The minimum absolute atomic E-state index is 0.199. The molecule has 0 amide bonds. The van der Waals surface area contributed by atoms with Gasteiger partial charge >= 0.3 is 0 Å². The molecule has 1 unspecified atom stereocenters. The summed E-state index contributed by atoms with van der Waals surface area (Å²) in [5.74, 6) is 0.835. The normalized spacial score (nSPS) is 27.4. The predicted molar refractivity (Wildman–Crippen MR) is 91.1 cm³/mol. The van der Waals surface area contributed by atoms with Gasteiger partial charge in [0.1, 0.15) is 12.1 Å². The highest BCUT2D eigenvalue weighted by Crippen LogP contribution is 2.26. The van der Waals surface area contributed by atoms with Gasteiger partial charge in [0.2, 0.25) is 10.0 Å². The quantitative estimate of drug-likeness (QED) is 0.751. The Labute approximate surface area is 142 Å². The number of piperidine rings is 1. The molecule has 2 saturated heterocycles. The third kappa shape index (κ3) is 4.41. The van der Waals surface area contributed by atoms with E-state index in [9.17, 15) is 13.5 Å². The van der Waals surface area contributed by atoms with Crippen molar-refractivity contribution in [2.75, 3.05) is 44.3 Å². The molecule has 1 aromatic rings. The number of hydrogen-bond acceptors (Lipinski definition) is 7. The van der Waals surface area contributed by atoms with Gasteiger partial charge in [0.25, 0.3) is 0 Å². The van der Waals surface area contributed by atoms with Crippen molar-refractivity contribution in [2.24, 2.45) is 0 Å². The summed E-state index contributed by atoms with van der Waals surface area (Å²) in [7, 11) is -3.23. The molecule has 1 atom stereocenters. The van der Waals surface area contributed by atoms with Crippen LogP contribution in [-0.4, -0.2) is 83.3 Å². The summed E-state index contributed by atoms with van der Waals surface area (Å²) < 4.78 is 24.6. The van der Waals surface area contributed by atoms with Crippen LogP contribution in [0.15, 0.2) is 18.6 Å². The number of rotatable bonds is 5. The van der Waals surface area contributed by atoms with Gasteiger partial charge in [-0.3, -0.25) is 0 Å². The van der Waals surface area contributed by atoms with Gasteiger partial charge in [0.05, 0.1) is 11.9 Å². The number of hydrogen-bond donors (Lipinski definition) is 2. The Kier molecular flexibility index (Phi) is 5.05. The molecule has 0 aromatic carbocycles. The van der Waals surface area contributed by atoms with Crippen molar-refractivity contribution in [1.82, 2.24) is 19.2 Å². The monoisotopic (exact) mass is 355 g/mol. The highest BCUT2D eigenvalue weighted by Gasteiger charge is 2.41. The highest BCUT2D eigenvalue weighted by atomic mass is 32.2. The van der Waals surface area contributed by atoms with Crippen LogP contribution < -0.4 is 5.32 Å². The van der Waals surface area contributed by atoms with Crippen molar-refractivity contribution in [2.45, 2.75) is 30.9 Å². The van der Waals surface area contributed by atoms with Crippen molar-refractivity contribution in [3.05, 3.63) is 18.6 Å². The molecule has 0 aliphatic carbocycles. The first kappa shape index (κ1) is 17.5. The maximum Gasteiger partial charge on any atom is 0.211 e. The molecule has 3 rings (SSSR count). The van der Waals surface area contributed by atoms with Crippen LogP contribution in [0.25, 0.3) is 0 Å². The van der Waals surface area contributed by atoms with Gasteiger partial charge in [-0.15, -0.1) is 0 Å². The van der Waals surface area contributed by atoms with E-state index in [1.165, 1.54) is 16.9 Å². The molecule has 0 spiro atoms. The Morgan fingerprint density at radius 1 is 1.38 bits per heavy atom. The Bertz CT molecular complexity index is 648. The van der Waals surface area contributed by atoms with Crippen LogP contribution in [0.2, 0.25) is 0 Å². The lowest BCUT2D eigenvalue weighted by Gasteiger charge is -2.36. The first-order valence-electron chi connectivity index (χ1n) is 8.26. The molecule has 0 bridgehead atoms. The maximum atomic E-state index is 11.6. The minimum Gasteiger partial charge on any atom is -0.387 e. The van der Waals surface area contributed by atoms with Crippen LogP contribution in [0.4, 0.5) is 5.82 Å². The number of likely N-dealkylation sites (tertiary alicyclic amines) is 1. The summed E-state index contributed by atoms with van der Waals surface area (Å²) in [5.41, 5.74) is -0.935. The summed E-state index contributed by atoms with van der Waals surface area (Å²) in [5, 5.41) is 14.1. The maximum absolute atomic E-state index is 11.6. The second-order valence-electron chi connectivity index (χ2n) is 6.86. The fourth-order valence-electron chi connectivity index (χ4n) is 3.47. The van der Waals surface area contributed by atoms with Gasteiger partial charge in [0, 0.05) is 45.0 Å². The van der Waals surface area contributed by atoms with Gasteiger partial charge in [-0.05, 0) is 25.3 Å². The van der Waals surface area contributed by atoms with E-state index < -0.39 is 15.6 Å². The molecular formula is C15H25N5O3S. The Morgan fingerprint density at radius 2 is 2.12 bits per heavy atom. The third-order valence-electron chi connectivity index (χ3n) is 4.81. The molecule has 2 aliphatic rings. The van der Waals surface area contributed by atoms with Crippen LogP contribution in [0.1, 0.15) is 19.3 Å². The van der Waals surface area contributed by atoms with Crippen molar-refractivity contribution < 1.29 is 13.5 Å². The second-order valence-corrected chi connectivity index (χ2v) is 8.84. The molecule has 2 fully saturated rings. The van der Waals surface area contributed by atoms with Crippen molar-refractivity contribution in [3.63, 3.8) is 0 Å². The van der Waals surface area contributed by atoms with Crippen LogP contribution in [0.3, 0.4) is 0 Å². The molecule has 8 nitrogen and oxygen atoms in total. The number of anilines is 1. The van der Waals surface area contributed by atoms with Gasteiger partial charge in [-0.25, -0.2) is 18.4 Å². The van der Waals surface area contributed by atoms with Crippen LogP contribution >= 0.6 is 0 Å². The van der Waals surface area contributed by atoms with E-state index in [4.69, 9.17) is 0 Å². The van der Waals surface area contributed by atoms with Gasteiger partial charge in [-0.1, -0.05) is 0 Å². The molecular weight excluding hydrogens is 330 g/mol. The van der Waals surface area contributed by atoms with Crippen molar-refractivity contribution in [1.29, 1.82) is 0 Å². The molecule has 3 heterocycles. The fraction of sp³-hybridized carbons (Fsp3) is 0.733. The summed E-state index contributed by atoms with van der Waals surface area (Å²) in [6, 6.07) is 2.22. The smallest absolute Gasteiger partial charge is 0.211 e. The number of nitrogens with zero attached hydrogens (tertiary/aromatic N) is 4. The number of nitrogens with one attached hydrogen (secondary N) is 1. The zero-order valence-corrected chi connectivity index (χ0v) is 14.7. The average Bonchev–Trinajstić information content (AvgIpc) is 2.93. The lowest BCUT2D eigenvalue weighted by Crippen LogP contribution is -2.49. The summed E-state index contributed by atoms with van der Waals surface area (Å²) in [4.78, 5) is 10.3. The van der Waals surface area contributed by atoms with Gasteiger partial charge < -0.3 is 15.3 Å². The standard InChI is InChI=1S/C15H25N5O3S/c1-24(22,23)20-9-5-15(21,11-20)10-19-7-3-13(4-8-19)18-14-2-6-16-12-17-14/h2,6,12-13,21H,3-5,7-11H2,1H3,(H,16,17,18). The van der Waals surface area contributed by atoms with E-state index in [1.807, 2.05) is 6.07 Å². The minimum atomic E-state index is -3.23. The fourth-order valence-corrected chi connectivity index (χ4v) is 4.37. The van der Waals surface area contributed by atoms with Crippen LogP contribution in [0.5, 0.6) is 0 Å². The van der Waals surface area contributed by atoms with Crippen molar-refractivity contribution >= 4 is 15.8 Å². The molecule has 2 aliphatic heterocycles. The first-order valence-corrected chi connectivity index (χ1v) is 10.1. The van der Waals surface area contributed by atoms with Crippen LogP contribution in [-0.2, 0) is 10.0 Å².